The SMILES string of the molecule is COc1ccccc1Nc1cnc(C(=O)Nc2ccccc2Cl)cn1. The van der Waals surface area contributed by atoms with Crippen molar-refractivity contribution < 1.29 is 9.53 Å². The van der Waals surface area contributed by atoms with Crippen LogP contribution < -0.4 is 15.4 Å². The molecule has 0 aliphatic carbocycles. The van der Waals surface area contributed by atoms with Crippen LogP contribution in [0.1, 0.15) is 10.5 Å². The van der Waals surface area contributed by atoms with Crippen LogP contribution in [-0.2, 0) is 0 Å². The normalized spacial score (nSPS) is 10.2. The number of nitrogens with one attached hydrogen (secondary N) is 2. The number of anilines is 3. The highest BCUT2D eigenvalue weighted by atomic mass is 35.5. The fourth-order valence-corrected chi connectivity index (χ4v) is 2.33. The first-order valence-electron chi connectivity index (χ1n) is 7.45. The van der Waals surface area contributed by atoms with Gasteiger partial charge in [0.1, 0.15) is 17.3 Å². The molecular weight excluding hydrogens is 340 g/mol. The van der Waals surface area contributed by atoms with Gasteiger partial charge in [-0.05, 0) is 24.3 Å². The molecule has 1 heterocycles. The van der Waals surface area contributed by atoms with Crippen LogP contribution in [0.2, 0.25) is 5.02 Å². The second-order valence-corrected chi connectivity index (χ2v) is 5.45. The topological polar surface area (TPSA) is 76.1 Å². The number of methoxy groups -OCH3 is 1. The first-order chi connectivity index (χ1) is 12.2. The van der Waals surface area contributed by atoms with Crippen molar-refractivity contribution >= 4 is 34.7 Å². The van der Waals surface area contributed by atoms with Crippen LogP contribution in [0.4, 0.5) is 17.2 Å². The minimum atomic E-state index is -0.385. The Morgan fingerprint density at radius 3 is 2.40 bits per heavy atom. The fourth-order valence-electron chi connectivity index (χ4n) is 2.14. The van der Waals surface area contributed by atoms with Gasteiger partial charge in [-0.3, -0.25) is 4.79 Å². The molecule has 25 heavy (non-hydrogen) atoms. The lowest BCUT2D eigenvalue weighted by atomic mass is 10.3. The number of carbonyl (C=O) groups is 1. The molecule has 1 aromatic heterocycles. The maximum Gasteiger partial charge on any atom is 0.275 e. The number of halogens is 1. The van der Waals surface area contributed by atoms with E-state index in [9.17, 15) is 4.79 Å². The van der Waals surface area contributed by atoms with Crippen molar-refractivity contribution in [2.24, 2.45) is 0 Å². The Balaban J connectivity index is 1.72. The summed E-state index contributed by atoms with van der Waals surface area (Å²) in [6.45, 7) is 0. The van der Waals surface area contributed by atoms with Crippen molar-refractivity contribution in [3.05, 3.63) is 71.6 Å². The van der Waals surface area contributed by atoms with E-state index in [-0.39, 0.29) is 11.6 Å². The van der Waals surface area contributed by atoms with Gasteiger partial charge in [0.15, 0.2) is 0 Å². The van der Waals surface area contributed by atoms with Crippen molar-refractivity contribution in [1.29, 1.82) is 0 Å². The zero-order valence-electron chi connectivity index (χ0n) is 13.4. The largest absolute Gasteiger partial charge is 0.495 e. The Morgan fingerprint density at radius 1 is 1.00 bits per heavy atom. The Morgan fingerprint density at radius 2 is 1.72 bits per heavy atom. The van der Waals surface area contributed by atoms with Gasteiger partial charge in [-0.25, -0.2) is 9.97 Å². The minimum absolute atomic E-state index is 0.186. The summed E-state index contributed by atoms with van der Waals surface area (Å²) in [7, 11) is 1.59. The van der Waals surface area contributed by atoms with Gasteiger partial charge in [0.2, 0.25) is 0 Å². The number of hydrogen-bond donors (Lipinski definition) is 2. The van der Waals surface area contributed by atoms with Crippen LogP contribution in [0.3, 0.4) is 0 Å². The number of ether oxygens (including phenoxy) is 1. The first kappa shape index (κ1) is 16.7. The van der Waals surface area contributed by atoms with Gasteiger partial charge in [0.25, 0.3) is 5.91 Å². The van der Waals surface area contributed by atoms with E-state index in [1.807, 2.05) is 24.3 Å². The third-order valence-electron chi connectivity index (χ3n) is 3.38. The number of carbonyl (C=O) groups excluding carboxylic acids is 1. The molecule has 0 aliphatic heterocycles. The van der Waals surface area contributed by atoms with Gasteiger partial charge < -0.3 is 15.4 Å². The molecule has 1 amide bonds. The lowest BCUT2D eigenvalue weighted by Gasteiger charge is -2.10. The molecule has 0 spiro atoms. The van der Waals surface area contributed by atoms with Crippen molar-refractivity contribution in [3.63, 3.8) is 0 Å². The number of nitrogens with zero attached hydrogens (tertiary/aromatic N) is 2. The monoisotopic (exact) mass is 354 g/mol. The zero-order chi connectivity index (χ0) is 17.6. The summed E-state index contributed by atoms with van der Waals surface area (Å²) in [6, 6.07) is 14.4. The average molecular weight is 355 g/mol. The first-order valence-corrected chi connectivity index (χ1v) is 7.83. The Kier molecular flexibility index (Phi) is 5.11. The van der Waals surface area contributed by atoms with Crippen LogP contribution in [0.5, 0.6) is 5.75 Å². The van der Waals surface area contributed by atoms with Gasteiger partial charge in [-0.1, -0.05) is 35.9 Å². The summed E-state index contributed by atoms with van der Waals surface area (Å²) in [4.78, 5) is 20.6. The van der Waals surface area contributed by atoms with Crippen LogP contribution in [0.25, 0.3) is 0 Å². The molecular formula is C18H15ClN4O2. The summed E-state index contributed by atoms with van der Waals surface area (Å²) in [5.41, 5.74) is 1.46. The maximum absolute atomic E-state index is 12.2. The number of benzene rings is 2. The highest BCUT2D eigenvalue weighted by Gasteiger charge is 2.11. The molecule has 2 aromatic carbocycles. The summed E-state index contributed by atoms with van der Waals surface area (Å²) < 4.78 is 5.27. The van der Waals surface area contributed by atoms with Gasteiger partial charge in [0, 0.05) is 0 Å². The van der Waals surface area contributed by atoms with Gasteiger partial charge >= 0.3 is 0 Å². The van der Waals surface area contributed by atoms with Crippen LogP contribution in [0, 0.1) is 0 Å². The quantitative estimate of drug-likeness (QED) is 0.720. The van der Waals surface area contributed by atoms with Gasteiger partial charge in [-0.2, -0.15) is 0 Å². The van der Waals surface area contributed by atoms with E-state index in [0.29, 0.717) is 22.3 Å². The number of rotatable bonds is 5. The summed E-state index contributed by atoms with van der Waals surface area (Å²) in [5, 5.41) is 6.25. The van der Waals surface area contributed by atoms with Crippen molar-refractivity contribution in [1.82, 2.24) is 9.97 Å². The van der Waals surface area contributed by atoms with Crippen LogP contribution in [0.15, 0.2) is 60.9 Å². The highest BCUT2D eigenvalue weighted by molar-refractivity contribution is 6.33. The second-order valence-electron chi connectivity index (χ2n) is 5.05. The van der Waals surface area contributed by atoms with E-state index in [2.05, 4.69) is 20.6 Å². The highest BCUT2D eigenvalue weighted by Crippen LogP contribution is 2.26. The van der Waals surface area contributed by atoms with E-state index in [1.165, 1.54) is 12.4 Å². The van der Waals surface area contributed by atoms with E-state index in [1.54, 1.807) is 31.4 Å². The summed E-state index contributed by atoms with van der Waals surface area (Å²) in [5.74, 6) is 0.799. The lowest BCUT2D eigenvalue weighted by molar-refractivity contribution is 0.102. The molecule has 0 fully saturated rings. The van der Waals surface area contributed by atoms with Crippen molar-refractivity contribution in [2.45, 2.75) is 0 Å². The molecule has 3 rings (SSSR count). The Bertz CT molecular complexity index is 884. The molecule has 0 saturated heterocycles. The molecule has 0 bridgehead atoms. The number of aromatic nitrogens is 2. The molecule has 0 unspecified atom stereocenters. The predicted octanol–water partition coefficient (Wildman–Crippen LogP) is 4.13. The average Bonchev–Trinajstić information content (AvgIpc) is 2.64. The standard InChI is InChI=1S/C18H15ClN4O2/c1-25-16-9-5-4-8-14(16)22-17-11-20-15(10-21-17)18(24)23-13-7-3-2-6-12(13)19/h2-11H,1H3,(H,21,22)(H,23,24). The molecule has 7 heteroatoms. The van der Waals surface area contributed by atoms with Crippen molar-refractivity contribution in [2.75, 3.05) is 17.7 Å². The third kappa shape index (κ3) is 4.05. The van der Waals surface area contributed by atoms with Gasteiger partial charge in [0.05, 0.1) is 35.9 Å². The Hall–Kier alpha value is -3.12. The smallest absolute Gasteiger partial charge is 0.275 e. The Labute approximate surface area is 149 Å². The molecule has 2 N–H and O–H groups in total. The number of amides is 1. The number of hydrogen-bond acceptors (Lipinski definition) is 5. The molecule has 0 aliphatic rings. The van der Waals surface area contributed by atoms with E-state index in [0.717, 1.165) is 5.69 Å². The molecule has 126 valence electrons. The molecule has 0 atom stereocenters. The predicted molar refractivity (Wildman–Crippen MR) is 97.7 cm³/mol. The molecule has 6 nitrogen and oxygen atoms in total. The van der Waals surface area contributed by atoms with Crippen LogP contribution >= 0.6 is 11.6 Å². The van der Waals surface area contributed by atoms with Crippen LogP contribution in [-0.4, -0.2) is 23.0 Å². The lowest BCUT2D eigenvalue weighted by Crippen LogP contribution is -2.14. The second kappa shape index (κ2) is 7.63. The molecule has 0 saturated carbocycles. The zero-order valence-corrected chi connectivity index (χ0v) is 14.1. The summed E-state index contributed by atoms with van der Waals surface area (Å²) in [6.07, 6.45) is 2.87. The van der Waals surface area contributed by atoms with Crippen molar-refractivity contribution in [3.8, 4) is 5.75 Å². The third-order valence-corrected chi connectivity index (χ3v) is 3.71. The summed E-state index contributed by atoms with van der Waals surface area (Å²) >= 11 is 6.03. The van der Waals surface area contributed by atoms with E-state index < -0.39 is 0 Å². The fraction of sp³-hybridized carbons (Fsp3) is 0.0556. The van der Waals surface area contributed by atoms with Gasteiger partial charge in [-0.15, -0.1) is 0 Å². The number of para-hydroxylation sites is 3. The minimum Gasteiger partial charge on any atom is -0.495 e. The van der Waals surface area contributed by atoms with E-state index >= 15 is 0 Å². The van der Waals surface area contributed by atoms with E-state index in [4.69, 9.17) is 16.3 Å². The molecule has 3 aromatic rings. The molecule has 0 radical (unpaired) electrons. The maximum atomic E-state index is 12.2.